The molecule has 0 aliphatic carbocycles. The van der Waals surface area contributed by atoms with Crippen LogP contribution in [0.25, 0.3) is 0 Å². The lowest BCUT2D eigenvalue weighted by molar-refractivity contribution is 0.607. The molecule has 0 fully saturated rings. The molecule has 0 heterocycles. The van der Waals surface area contributed by atoms with Crippen molar-refractivity contribution in [1.82, 2.24) is 0 Å². The molecule has 0 amide bonds. The lowest BCUT2D eigenvalue weighted by Crippen LogP contribution is -1.98. The van der Waals surface area contributed by atoms with E-state index in [1.807, 2.05) is 0 Å². The fraction of sp³-hybridized carbons (Fsp3) is 0.833. The van der Waals surface area contributed by atoms with Crippen molar-refractivity contribution in [2.24, 2.45) is 5.92 Å². The van der Waals surface area contributed by atoms with E-state index in [1.54, 1.807) is 0 Å². The Morgan fingerprint density at radius 2 is 2.00 bits per heavy atom. The molecule has 8 heavy (non-hydrogen) atoms. The number of hydrogen-bond donors (Lipinski definition) is 0. The van der Waals surface area contributed by atoms with Crippen LogP contribution in [0, 0.1) is 10.3 Å². The smallest absolute Gasteiger partial charge is 0.0355 e. The molecule has 0 aliphatic heterocycles. The van der Waals surface area contributed by atoms with Crippen LogP contribution in [0.4, 0.5) is 0 Å². The van der Waals surface area contributed by atoms with Crippen LogP contribution < -0.4 is 0 Å². The van der Waals surface area contributed by atoms with Gasteiger partial charge in [-0.25, -0.2) is 0 Å². The summed E-state index contributed by atoms with van der Waals surface area (Å²) in [5.41, 5.74) is 0. The first-order valence-electron chi connectivity index (χ1n) is 2.74. The van der Waals surface area contributed by atoms with Gasteiger partial charge < -0.3 is 0 Å². The number of halogens is 2. The van der Waals surface area contributed by atoms with E-state index in [4.69, 9.17) is 0 Å². The summed E-state index contributed by atoms with van der Waals surface area (Å²) in [6.45, 7) is 4.51. The van der Waals surface area contributed by atoms with Crippen molar-refractivity contribution >= 4 is 45.2 Å². The molecule has 0 N–H and O–H groups in total. The van der Waals surface area contributed by atoms with Crippen LogP contribution in [-0.4, -0.2) is 3.92 Å². The van der Waals surface area contributed by atoms with E-state index >= 15 is 0 Å². The Bertz CT molecular complexity index is 52.5. The first kappa shape index (κ1) is 9.46. The molecular weight excluding hydrogens is 326 g/mol. The second kappa shape index (κ2) is 5.26. The van der Waals surface area contributed by atoms with E-state index in [-0.39, 0.29) is 0 Å². The maximum absolute atomic E-state index is 2.46. The second-order valence-electron chi connectivity index (χ2n) is 2.27. The zero-order valence-electron chi connectivity index (χ0n) is 5.20. The molecule has 1 unspecified atom stereocenters. The van der Waals surface area contributed by atoms with Gasteiger partial charge in [0.1, 0.15) is 0 Å². The Balaban J connectivity index is 3.10. The predicted molar refractivity (Wildman–Crippen MR) is 55.6 cm³/mol. The van der Waals surface area contributed by atoms with Crippen LogP contribution in [-0.2, 0) is 0 Å². The van der Waals surface area contributed by atoms with Gasteiger partial charge in [0.05, 0.1) is 0 Å². The molecule has 0 aromatic rings. The fourth-order valence-electron chi connectivity index (χ4n) is 0.502. The van der Waals surface area contributed by atoms with Crippen molar-refractivity contribution in [1.29, 1.82) is 0 Å². The van der Waals surface area contributed by atoms with E-state index in [0.29, 0.717) is 0 Å². The van der Waals surface area contributed by atoms with Gasteiger partial charge in [0.2, 0.25) is 0 Å². The Morgan fingerprint density at radius 3 is 2.12 bits per heavy atom. The molecular formula is C6H11I2. The van der Waals surface area contributed by atoms with E-state index in [2.05, 4.69) is 63.5 Å². The summed E-state index contributed by atoms with van der Waals surface area (Å²) in [7, 11) is 0. The Kier molecular flexibility index (Phi) is 6.22. The second-order valence-corrected chi connectivity index (χ2v) is 4.59. The highest BCUT2D eigenvalue weighted by Crippen LogP contribution is 2.18. The van der Waals surface area contributed by atoms with Crippen molar-refractivity contribution in [2.75, 3.05) is 0 Å². The highest BCUT2D eigenvalue weighted by Gasteiger charge is 2.03. The summed E-state index contributed by atoms with van der Waals surface area (Å²) in [5, 5.41) is 0. The third-order valence-corrected chi connectivity index (χ3v) is 3.95. The van der Waals surface area contributed by atoms with E-state index in [9.17, 15) is 0 Å². The van der Waals surface area contributed by atoms with Gasteiger partial charge in [0.25, 0.3) is 0 Å². The van der Waals surface area contributed by atoms with Gasteiger partial charge >= 0.3 is 0 Å². The van der Waals surface area contributed by atoms with Crippen molar-refractivity contribution in [3.05, 3.63) is 4.43 Å². The van der Waals surface area contributed by atoms with Crippen LogP contribution in [0.3, 0.4) is 0 Å². The minimum atomic E-state index is 0.758. The number of alkyl halides is 1. The third kappa shape index (κ3) is 5.59. The van der Waals surface area contributed by atoms with E-state index in [0.717, 1.165) is 9.84 Å². The SMILES string of the molecule is CC(C)CC(I)[CH]I. The van der Waals surface area contributed by atoms with Gasteiger partial charge in [-0.15, -0.1) is 0 Å². The number of hydrogen-bond acceptors (Lipinski definition) is 0. The zero-order chi connectivity index (χ0) is 6.57. The predicted octanol–water partition coefficient (Wildman–Crippen LogP) is 3.43. The average molecular weight is 337 g/mol. The molecule has 0 saturated carbocycles. The molecule has 0 aromatic heterocycles. The summed E-state index contributed by atoms with van der Waals surface area (Å²) in [6.07, 6.45) is 1.31. The highest BCUT2D eigenvalue weighted by molar-refractivity contribution is 14.1. The van der Waals surface area contributed by atoms with Crippen molar-refractivity contribution in [3.8, 4) is 0 Å². The lowest BCUT2D eigenvalue weighted by atomic mass is 10.1. The van der Waals surface area contributed by atoms with Gasteiger partial charge in [-0.3, -0.25) is 0 Å². The minimum absolute atomic E-state index is 0.758. The standard InChI is InChI=1S/C6H11I2/c1-5(2)3-6(8)4-7/h4-6H,3H2,1-2H3. The van der Waals surface area contributed by atoms with Gasteiger partial charge in [-0.1, -0.05) is 59.0 Å². The molecule has 0 saturated heterocycles. The molecule has 0 rings (SSSR count). The minimum Gasteiger partial charge on any atom is -0.0814 e. The summed E-state index contributed by atoms with van der Waals surface area (Å²) >= 11 is 4.77. The van der Waals surface area contributed by atoms with Crippen molar-refractivity contribution in [3.63, 3.8) is 0 Å². The van der Waals surface area contributed by atoms with Gasteiger partial charge in [-0.05, 0) is 12.3 Å². The Hall–Kier alpha value is 1.46. The van der Waals surface area contributed by atoms with E-state index in [1.165, 1.54) is 6.42 Å². The Morgan fingerprint density at radius 1 is 1.50 bits per heavy atom. The van der Waals surface area contributed by atoms with Crippen LogP contribution >= 0.6 is 45.2 Å². The lowest BCUT2D eigenvalue weighted by Gasteiger charge is -2.06. The average Bonchev–Trinajstić information content (AvgIpc) is 1.65. The van der Waals surface area contributed by atoms with Crippen LogP contribution in [0.1, 0.15) is 20.3 Å². The number of rotatable bonds is 3. The zero-order valence-corrected chi connectivity index (χ0v) is 9.51. The van der Waals surface area contributed by atoms with Crippen molar-refractivity contribution in [2.45, 2.75) is 24.2 Å². The normalized spacial score (nSPS) is 14.6. The molecule has 1 radical (unpaired) electrons. The molecule has 0 aromatic carbocycles. The van der Waals surface area contributed by atoms with Crippen LogP contribution in [0.5, 0.6) is 0 Å². The topological polar surface area (TPSA) is 0 Å². The molecule has 2 heteroatoms. The first-order chi connectivity index (χ1) is 3.66. The van der Waals surface area contributed by atoms with Crippen LogP contribution in [0.2, 0.25) is 0 Å². The molecule has 0 spiro atoms. The molecule has 0 bridgehead atoms. The van der Waals surface area contributed by atoms with Crippen LogP contribution in [0.15, 0.2) is 0 Å². The van der Waals surface area contributed by atoms with E-state index < -0.39 is 0 Å². The van der Waals surface area contributed by atoms with Gasteiger partial charge in [0.15, 0.2) is 0 Å². The monoisotopic (exact) mass is 337 g/mol. The molecule has 1 atom stereocenters. The van der Waals surface area contributed by atoms with Gasteiger partial charge in [-0.2, -0.15) is 0 Å². The summed E-state index contributed by atoms with van der Waals surface area (Å²) in [5.74, 6) is 0.836. The largest absolute Gasteiger partial charge is 0.0814 e. The summed E-state index contributed by atoms with van der Waals surface area (Å²) in [6, 6.07) is 0. The maximum Gasteiger partial charge on any atom is 0.0355 e. The maximum atomic E-state index is 2.46. The Labute approximate surface area is 79.1 Å². The summed E-state index contributed by atoms with van der Waals surface area (Å²) in [4.78, 5) is 0. The summed E-state index contributed by atoms with van der Waals surface area (Å²) < 4.78 is 2.98. The molecule has 0 nitrogen and oxygen atoms in total. The first-order valence-corrected chi connectivity index (χ1v) is 5.23. The highest BCUT2D eigenvalue weighted by atomic mass is 127. The molecule has 0 aliphatic rings. The van der Waals surface area contributed by atoms with Crippen molar-refractivity contribution < 1.29 is 0 Å². The quantitative estimate of drug-likeness (QED) is 0.547. The van der Waals surface area contributed by atoms with Gasteiger partial charge in [0, 0.05) is 8.35 Å². The fourth-order valence-corrected chi connectivity index (χ4v) is 1.81. The molecule has 49 valence electrons. The third-order valence-electron chi connectivity index (χ3n) is 0.833.